The molecule has 0 aliphatic heterocycles. The molecule has 64 valence electrons. The van der Waals surface area contributed by atoms with E-state index in [4.69, 9.17) is 11.6 Å². The fraction of sp³-hybridized carbons (Fsp3) is 0.625. The number of hydrogen-bond donors (Lipinski definition) is 0. The van der Waals surface area contributed by atoms with Crippen LogP contribution in [0.1, 0.15) is 20.8 Å². The maximum absolute atomic E-state index is 5.51. The number of nitrogens with zero attached hydrogens (tertiary/aromatic N) is 2. The Balaban J connectivity index is 4.23. The van der Waals surface area contributed by atoms with Gasteiger partial charge in [-0.3, -0.25) is 0 Å². The van der Waals surface area contributed by atoms with Crippen molar-refractivity contribution in [3.8, 4) is 0 Å². The van der Waals surface area contributed by atoms with Gasteiger partial charge in [0.1, 0.15) is 11.0 Å². The Kier molecular flexibility index (Phi) is 4.19. The molecular weight excluding hydrogens is 160 g/mol. The zero-order chi connectivity index (χ0) is 9.02. The average molecular weight is 175 g/mol. The van der Waals surface area contributed by atoms with Crippen molar-refractivity contribution >= 4 is 17.4 Å². The van der Waals surface area contributed by atoms with E-state index < -0.39 is 0 Å². The fourth-order valence-corrected chi connectivity index (χ4v) is 0.750. The summed E-state index contributed by atoms with van der Waals surface area (Å²) < 4.78 is 0. The molecule has 0 heterocycles. The molecule has 0 atom stereocenters. The fourth-order valence-electron chi connectivity index (χ4n) is 0.628. The van der Waals surface area contributed by atoms with Gasteiger partial charge in [0, 0.05) is 13.1 Å². The van der Waals surface area contributed by atoms with Crippen molar-refractivity contribution in [1.82, 2.24) is 4.90 Å². The molecule has 0 aliphatic rings. The van der Waals surface area contributed by atoms with Crippen LogP contribution in [-0.2, 0) is 0 Å². The molecule has 0 rings (SSSR count). The summed E-state index contributed by atoms with van der Waals surface area (Å²) in [7, 11) is 1.98. The van der Waals surface area contributed by atoms with Gasteiger partial charge in [-0.05, 0) is 20.8 Å². The lowest BCUT2D eigenvalue weighted by molar-refractivity contribution is 0.415. The van der Waals surface area contributed by atoms with Crippen molar-refractivity contribution in [2.75, 3.05) is 7.05 Å². The Morgan fingerprint density at radius 1 is 1.55 bits per heavy atom. The van der Waals surface area contributed by atoms with Gasteiger partial charge in [-0.15, -0.1) is 0 Å². The first-order valence-corrected chi connectivity index (χ1v) is 3.95. The summed E-state index contributed by atoms with van der Waals surface area (Å²) in [6.45, 7) is 9.58. The molecule has 0 unspecified atom stereocenters. The maximum Gasteiger partial charge on any atom is 0.123 e. The predicted molar refractivity (Wildman–Crippen MR) is 51.0 cm³/mol. The molecule has 0 saturated heterocycles. The highest BCUT2D eigenvalue weighted by Crippen LogP contribution is 2.02. The molecule has 11 heavy (non-hydrogen) atoms. The Hall–Kier alpha value is -0.500. The first kappa shape index (κ1) is 10.5. The number of hydrogen-bond acceptors (Lipinski definition) is 1. The van der Waals surface area contributed by atoms with Gasteiger partial charge in [-0.1, -0.05) is 18.2 Å². The molecule has 0 aromatic heterocycles. The minimum atomic E-state index is 0.329. The molecule has 0 bridgehead atoms. The first-order valence-electron chi connectivity index (χ1n) is 3.57. The summed E-state index contributed by atoms with van der Waals surface area (Å²) in [4.78, 5) is 6.05. The zero-order valence-electron chi connectivity index (χ0n) is 7.56. The molecule has 0 aliphatic carbocycles. The number of halogens is 1. The largest absolute Gasteiger partial charge is 0.361 e. The SMILES string of the molecule is C=C(Cl)/N=C(\C)N(C)C(C)C. The lowest BCUT2D eigenvalue weighted by Crippen LogP contribution is -2.30. The molecule has 2 nitrogen and oxygen atoms in total. The molecule has 0 saturated carbocycles. The van der Waals surface area contributed by atoms with Gasteiger partial charge in [-0.25, -0.2) is 4.99 Å². The van der Waals surface area contributed by atoms with Crippen LogP contribution in [0, 0.1) is 0 Å². The van der Waals surface area contributed by atoms with Gasteiger partial charge in [0.2, 0.25) is 0 Å². The highest BCUT2D eigenvalue weighted by molar-refractivity contribution is 6.29. The van der Waals surface area contributed by atoms with E-state index >= 15 is 0 Å². The second-order valence-electron chi connectivity index (χ2n) is 2.74. The Bertz CT molecular complexity index is 173. The molecule has 0 fully saturated rings. The lowest BCUT2D eigenvalue weighted by atomic mass is 10.3. The van der Waals surface area contributed by atoms with Crippen molar-refractivity contribution in [3.63, 3.8) is 0 Å². The summed E-state index contributed by atoms with van der Waals surface area (Å²) in [6, 6.07) is 0.440. The van der Waals surface area contributed by atoms with E-state index in [0.717, 1.165) is 5.84 Å². The Morgan fingerprint density at radius 3 is 2.27 bits per heavy atom. The molecule has 0 spiro atoms. The Morgan fingerprint density at radius 2 is 2.00 bits per heavy atom. The van der Waals surface area contributed by atoms with Crippen LogP contribution >= 0.6 is 11.6 Å². The van der Waals surface area contributed by atoms with Crippen molar-refractivity contribution in [3.05, 3.63) is 11.7 Å². The monoisotopic (exact) mass is 174 g/mol. The normalized spacial score (nSPS) is 12.0. The maximum atomic E-state index is 5.51. The van der Waals surface area contributed by atoms with Crippen LogP contribution in [-0.4, -0.2) is 23.8 Å². The number of aliphatic imine (C=N–C) groups is 1. The van der Waals surface area contributed by atoms with Gasteiger partial charge in [0.15, 0.2) is 0 Å². The van der Waals surface area contributed by atoms with Gasteiger partial charge >= 0.3 is 0 Å². The van der Waals surface area contributed by atoms with Crippen molar-refractivity contribution in [2.45, 2.75) is 26.8 Å². The lowest BCUT2D eigenvalue weighted by Gasteiger charge is -2.22. The van der Waals surface area contributed by atoms with Crippen LogP contribution in [0.3, 0.4) is 0 Å². The third kappa shape index (κ3) is 4.04. The van der Waals surface area contributed by atoms with Crippen molar-refractivity contribution in [2.24, 2.45) is 4.99 Å². The van der Waals surface area contributed by atoms with Crippen LogP contribution in [0.4, 0.5) is 0 Å². The van der Waals surface area contributed by atoms with E-state index in [9.17, 15) is 0 Å². The van der Waals surface area contributed by atoms with Gasteiger partial charge < -0.3 is 4.90 Å². The van der Waals surface area contributed by atoms with E-state index in [-0.39, 0.29) is 0 Å². The smallest absolute Gasteiger partial charge is 0.123 e. The zero-order valence-corrected chi connectivity index (χ0v) is 8.31. The van der Waals surface area contributed by atoms with E-state index in [1.165, 1.54) is 0 Å². The molecule has 0 aromatic rings. The van der Waals surface area contributed by atoms with E-state index in [0.29, 0.717) is 11.2 Å². The molecule has 0 N–H and O–H groups in total. The summed E-state index contributed by atoms with van der Waals surface area (Å²) in [5.74, 6) is 0.889. The number of amidine groups is 1. The third-order valence-electron chi connectivity index (χ3n) is 1.57. The first-order chi connectivity index (χ1) is 4.95. The third-order valence-corrected chi connectivity index (χ3v) is 1.65. The van der Waals surface area contributed by atoms with Crippen LogP contribution in [0.15, 0.2) is 16.7 Å². The van der Waals surface area contributed by atoms with Crippen LogP contribution in [0.2, 0.25) is 0 Å². The highest BCUT2D eigenvalue weighted by atomic mass is 35.5. The van der Waals surface area contributed by atoms with E-state index in [1.807, 2.05) is 18.9 Å². The molecule has 0 amide bonds. The summed E-state index contributed by atoms with van der Waals surface area (Å²) in [5.41, 5.74) is 0. The van der Waals surface area contributed by atoms with Crippen LogP contribution in [0.25, 0.3) is 0 Å². The summed E-state index contributed by atoms with van der Waals surface area (Å²) in [5, 5.41) is 0.329. The van der Waals surface area contributed by atoms with E-state index in [1.54, 1.807) is 0 Å². The van der Waals surface area contributed by atoms with Crippen molar-refractivity contribution < 1.29 is 0 Å². The standard InChI is InChI=1S/C8H15ClN2/c1-6(2)11(5)8(4)10-7(3)9/h6H,3H2,1-2,4-5H3/b10-8+. The number of rotatable bonds is 2. The van der Waals surface area contributed by atoms with Crippen LogP contribution < -0.4 is 0 Å². The average Bonchev–Trinajstić information content (AvgIpc) is 1.84. The second kappa shape index (κ2) is 4.39. The minimum Gasteiger partial charge on any atom is -0.361 e. The summed E-state index contributed by atoms with van der Waals surface area (Å²) >= 11 is 5.51. The predicted octanol–water partition coefficient (Wildman–Crippen LogP) is 2.46. The topological polar surface area (TPSA) is 15.6 Å². The highest BCUT2D eigenvalue weighted by Gasteiger charge is 2.03. The Labute approximate surface area is 73.6 Å². The van der Waals surface area contributed by atoms with Crippen LogP contribution in [0.5, 0.6) is 0 Å². The summed E-state index contributed by atoms with van der Waals surface area (Å²) in [6.07, 6.45) is 0. The minimum absolute atomic E-state index is 0.329. The molecule has 0 radical (unpaired) electrons. The van der Waals surface area contributed by atoms with Gasteiger partial charge in [-0.2, -0.15) is 0 Å². The van der Waals surface area contributed by atoms with Gasteiger partial charge in [0.05, 0.1) is 0 Å². The molecule has 3 heteroatoms. The molecule has 0 aromatic carbocycles. The van der Waals surface area contributed by atoms with Crippen molar-refractivity contribution in [1.29, 1.82) is 0 Å². The molecular formula is C8H15ClN2. The quantitative estimate of drug-likeness (QED) is 0.357. The van der Waals surface area contributed by atoms with Gasteiger partial charge in [0.25, 0.3) is 0 Å². The second-order valence-corrected chi connectivity index (χ2v) is 3.18. The van der Waals surface area contributed by atoms with E-state index in [2.05, 4.69) is 25.4 Å².